The monoisotopic (exact) mass is 1180 g/mol. The fraction of sp³-hybridized carbons (Fsp3) is 0.690. The number of nitrogens with one attached hydrogen (secondary N) is 6. The Labute approximate surface area is 483 Å². The maximum atomic E-state index is 14.1. The Morgan fingerprint density at radius 3 is 2.40 bits per heavy atom. The number of hydrazine groups is 1. The molecule has 5 aliphatic rings. The zero-order valence-electron chi connectivity index (χ0n) is 48.5. The molecule has 5 heterocycles. The van der Waals surface area contributed by atoms with Gasteiger partial charge in [0.25, 0.3) is 5.91 Å². The van der Waals surface area contributed by atoms with E-state index in [9.17, 15) is 57.3 Å². The molecule has 5 aliphatic heterocycles. The van der Waals surface area contributed by atoms with Crippen molar-refractivity contribution < 1.29 is 71.5 Å². The quantitative estimate of drug-likeness (QED) is 0.0136. The van der Waals surface area contributed by atoms with Gasteiger partial charge >= 0.3 is 24.3 Å². The van der Waals surface area contributed by atoms with Gasteiger partial charge in [0.2, 0.25) is 17.5 Å². The molecule has 6 rings (SSSR count). The van der Waals surface area contributed by atoms with Gasteiger partial charge in [-0.15, -0.1) is 0 Å². The first-order valence-electron chi connectivity index (χ1n) is 28.8. The Kier molecular flexibility index (Phi) is 23.7. The van der Waals surface area contributed by atoms with Crippen LogP contribution in [-0.4, -0.2) is 172 Å². The number of likely N-dealkylation sites (N-methyl/N-ethyl adjacent to an activating group) is 2. The number of aliphatic hydroxyl groups excluding tert-OH is 2. The molecule has 10 unspecified atom stereocenters. The second-order valence-corrected chi connectivity index (χ2v) is 24.5. The number of benzene rings is 1. The summed E-state index contributed by atoms with van der Waals surface area (Å²) in [5.41, 5.74) is 0.736. The maximum Gasteiger partial charge on any atom is 0.426 e. The zero-order chi connectivity index (χ0) is 60.1. The van der Waals surface area contributed by atoms with Crippen LogP contribution in [0.1, 0.15) is 135 Å². The normalized spacial score (nSPS) is 28.7. The van der Waals surface area contributed by atoms with Crippen LogP contribution in [0.2, 0.25) is 0 Å². The number of amides is 6. The number of cyclic esters (lactones) is 1. The average molecular weight is 1180 g/mol. The van der Waals surface area contributed by atoms with Crippen molar-refractivity contribution in [1.29, 1.82) is 0 Å². The van der Waals surface area contributed by atoms with Gasteiger partial charge in [-0.2, -0.15) is 24.9 Å². The molecule has 0 aliphatic carbocycles. The molecule has 4 saturated heterocycles. The van der Waals surface area contributed by atoms with E-state index < -0.39 is 77.7 Å². The fourth-order valence-electron chi connectivity index (χ4n) is 10.7. The van der Waals surface area contributed by atoms with Crippen molar-refractivity contribution in [3.63, 3.8) is 0 Å². The van der Waals surface area contributed by atoms with Crippen molar-refractivity contribution in [2.24, 2.45) is 17.8 Å². The molecule has 1 aromatic carbocycles. The van der Waals surface area contributed by atoms with Crippen LogP contribution in [-0.2, 0) is 34.3 Å². The Bertz CT molecular complexity index is 2450. The lowest BCUT2D eigenvalue weighted by Gasteiger charge is -2.32. The van der Waals surface area contributed by atoms with Crippen molar-refractivity contribution in [3.05, 3.63) is 71.3 Å². The number of hydrogen-bond donors (Lipinski definition) is 9. The molecule has 82 heavy (non-hydrogen) atoms. The summed E-state index contributed by atoms with van der Waals surface area (Å²) in [6.07, 6.45) is 4.53. The van der Waals surface area contributed by atoms with E-state index in [1.807, 2.05) is 57.7 Å². The number of fused-ring (bicyclic) bond motifs is 1. The van der Waals surface area contributed by atoms with E-state index in [1.54, 1.807) is 31.1 Å². The van der Waals surface area contributed by atoms with Gasteiger partial charge < -0.3 is 60.6 Å². The summed E-state index contributed by atoms with van der Waals surface area (Å²) >= 11 is 1.81. The first kappa shape index (κ1) is 65.9. The lowest BCUT2D eigenvalue weighted by atomic mass is 9.88. The third kappa shape index (κ3) is 18.4. The number of urea groups is 1. The smallest absolute Gasteiger partial charge is 0.426 e. The molecule has 0 bridgehead atoms. The number of nitrogens with zero attached hydrogens (tertiary/aromatic N) is 2. The summed E-state index contributed by atoms with van der Waals surface area (Å²) in [5.74, 6) is -1.28. The molecule has 6 amide bonds. The summed E-state index contributed by atoms with van der Waals surface area (Å²) in [7, 11) is 3.20. The number of thioether (sulfide) groups is 1. The van der Waals surface area contributed by atoms with Gasteiger partial charge in [-0.3, -0.25) is 19.2 Å². The molecule has 0 spiro atoms. The van der Waals surface area contributed by atoms with E-state index in [-0.39, 0.29) is 110 Å². The van der Waals surface area contributed by atoms with Crippen molar-refractivity contribution in [1.82, 2.24) is 41.9 Å². The highest BCUT2D eigenvalue weighted by molar-refractivity contribution is 8.00. The zero-order valence-corrected chi connectivity index (χ0v) is 49.3. The first-order chi connectivity index (χ1) is 38.7. The Morgan fingerprint density at radius 1 is 1.01 bits per heavy atom. The van der Waals surface area contributed by atoms with Crippen molar-refractivity contribution in [2.75, 3.05) is 39.5 Å². The van der Waals surface area contributed by atoms with E-state index in [0.717, 1.165) is 25.0 Å². The molecule has 0 aromatic heterocycles. The topological polar surface area (TPSA) is 293 Å². The van der Waals surface area contributed by atoms with Gasteiger partial charge in [0, 0.05) is 68.6 Å². The minimum absolute atomic E-state index is 0.00234. The maximum absolute atomic E-state index is 14.1. The van der Waals surface area contributed by atoms with Gasteiger partial charge in [0.05, 0.1) is 42.9 Å². The number of esters is 1. The van der Waals surface area contributed by atoms with Crippen LogP contribution in [0.15, 0.2) is 60.2 Å². The van der Waals surface area contributed by atoms with Gasteiger partial charge in [-0.1, -0.05) is 70.6 Å². The lowest BCUT2D eigenvalue weighted by Crippen LogP contribution is -2.49. The predicted molar refractivity (Wildman–Crippen MR) is 303 cm³/mol. The second-order valence-electron chi connectivity index (χ2n) is 23.2. The molecule has 0 saturated carbocycles. The highest BCUT2D eigenvalue weighted by Gasteiger charge is 2.65. The first-order valence-corrected chi connectivity index (χ1v) is 29.9. The van der Waals surface area contributed by atoms with E-state index in [4.69, 9.17) is 14.2 Å². The van der Waals surface area contributed by atoms with Crippen molar-refractivity contribution >= 4 is 47.6 Å². The Morgan fingerprint density at radius 2 is 1.72 bits per heavy atom. The molecule has 14 atom stereocenters. The van der Waals surface area contributed by atoms with Crippen LogP contribution < -0.4 is 32.1 Å². The number of allylic oxidation sites excluding steroid dienone is 3. The van der Waals surface area contributed by atoms with Crippen LogP contribution in [0.25, 0.3) is 0 Å². The summed E-state index contributed by atoms with van der Waals surface area (Å²) in [4.78, 5) is 81.9. The summed E-state index contributed by atoms with van der Waals surface area (Å²) < 4.78 is 58.8. The lowest BCUT2D eigenvalue weighted by molar-refractivity contribution is -0.165. The minimum atomic E-state index is -4.65. The van der Waals surface area contributed by atoms with Crippen LogP contribution in [0, 0.1) is 17.8 Å². The molecule has 24 heteroatoms. The molecule has 9 N–H and O–H groups in total. The number of unbranched alkanes of at least 4 members (excludes halogenated alkanes) is 2. The number of epoxide rings is 1. The summed E-state index contributed by atoms with van der Waals surface area (Å²) in [6, 6.07) is 3.77. The van der Waals surface area contributed by atoms with E-state index in [1.165, 1.54) is 36.1 Å². The molecule has 20 nitrogen and oxygen atoms in total. The number of alkyl halides is 3. The minimum Gasteiger partial charge on any atom is -0.457 e. The van der Waals surface area contributed by atoms with Gasteiger partial charge in [-0.25, -0.2) is 20.4 Å². The van der Waals surface area contributed by atoms with Crippen molar-refractivity contribution in [3.8, 4) is 0 Å². The highest BCUT2D eigenvalue weighted by Crippen LogP contribution is 2.42. The fourth-order valence-corrected chi connectivity index (χ4v) is 12.3. The summed E-state index contributed by atoms with van der Waals surface area (Å²) in [5, 5.41) is 44.3. The predicted octanol–water partition coefficient (Wildman–Crippen LogP) is 5.62. The third-order valence-corrected chi connectivity index (χ3v) is 17.9. The number of carbonyl (C=O) groups is 6. The van der Waals surface area contributed by atoms with Crippen LogP contribution >= 0.6 is 11.8 Å². The van der Waals surface area contributed by atoms with Gasteiger partial charge in [-0.05, 0) is 107 Å². The molecule has 4 fully saturated rings. The van der Waals surface area contributed by atoms with E-state index >= 15 is 0 Å². The molecule has 1 aromatic rings. The standard InChI is InChI=1S/C58H87F3N8O12S/c1-9-43(71)37(5)51-44(79-51)31-34(2)15-14-16-35(3)50-36(4)20-25-46(56(6,78)27-26-40(70)32-48(73)81-50)80-55(77)62-28-13-12-17-41(63-52(74)38-21-23-39(24-22-38)57(66-67-57)58(59,60)61)53(75)69(8)30-29-68(7)47(72)19-11-10-18-45-49-42(33-82-45)64-54(76)65-49/h14-16,20-25,34,36-37,40-46,49-51,66-67,70-71,78H,9-13,17-19,26-33H2,1-8H3,(H,62,77)(H,63,74)(H2,64,65,76)/t34?,36?,37?,40?,41-,42-,43?,44?,45-,46?,49-,50?,51?,56?/m0/s1. The SMILES string of the molecule is CCC(O)C(C)C1OC1CC(C)C=CC=C(C)C1OC(=O)CC(O)CCC(C)(O)C(OC(=O)NCCCC[C@H](NC(=O)c2ccc(C3(C(F)(F)F)NN3)cc2)C(=O)N(C)CCN(C)C(=O)CCCC[C@@H]2SC[C@@H]3NC(=O)N[C@@H]32)C=CC1C. The van der Waals surface area contributed by atoms with E-state index in [2.05, 4.69) is 39.0 Å². The van der Waals surface area contributed by atoms with Gasteiger partial charge in [0.15, 0.2) is 6.10 Å². The van der Waals surface area contributed by atoms with Crippen molar-refractivity contribution in [2.45, 2.75) is 196 Å². The number of ether oxygens (including phenoxy) is 3. The average Bonchev–Trinajstić information content (AvgIpc) is 3.28. The number of halogens is 3. The molecule has 458 valence electrons. The number of rotatable bonds is 26. The van der Waals surface area contributed by atoms with Crippen LogP contribution in [0.3, 0.4) is 0 Å². The summed E-state index contributed by atoms with van der Waals surface area (Å²) in [6.45, 7) is 11.5. The largest absolute Gasteiger partial charge is 0.457 e. The Hall–Kier alpha value is -5.24. The Balaban J connectivity index is 1.02. The molecule has 0 radical (unpaired) electrons. The number of hydrogen-bond acceptors (Lipinski definition) is 15. The number of aliphatic hydroxyl groups is 3. The second kappa shape index (κ2) is 29.5. The third-order valence-electron chi connectivity index (χ3n) is 16.4. The van der Waals surface area contributed by atoms with E-state index in [0.29, 0.717) is 37.7 Å². The number of carbonyl (C=O) groups excluding carboxylic acids is 6. The number of alkyl carbamates (subject to hydrolysis) is 1. The molecular formula is C58H87F3N8O12S. The van der Waals surface area contributed by atoms with Gasteiger partial charge in [0.1, 0.15) is 17.7 Å². The molecular weight excluding hydrogens is 1090 g/mol. The van der Waals surface area contributed by atoms with Crippen LogP contribution in [0.5, 0.6) is 0 Å². The van der Waals surface area contributed by atoms with Crippen LogP contribution in [0.4, 0.5) is 22.8 Å². The highest BCUT2D eigenvalue weighted by atomic mass is 32.2.